The smallest absolute Gasteiger partial charge is 0.163 e. The maximum Gasteiger partial charge on any atom is 0.163 e. The number of carbonyl (C=O) groups is 1. The van der Waals surface area contributed by atoms with E-state index < -0.39 is 0 Å². The lowest BCUT2D eigenvalue weighted by Crippen LogP contribution is -2.14. The van der Waals surface area contributed by atoms with Crippen LogP contribution < -0.4 is 4.74 Å². The molecule has 0 N–H and O–H groups in total. The average molecular weight is 218 g/mol. The fourth-order valence-corrected chi connectivity index (χ4v) is 1.77. The average Bonchev–Trinajstić information content (AvgIpc) is 2.28. The van der Waals surface area contributed by atoms with E-state index in [1.165, 1.54) is 0 Å². The van der Waals surface area contributed by atoms with Crippen molar-refractivity contribution in [2.24, 2.45) is 0 Å². The third-order valence-corrected chi connectivity index (χ3v) is 2.57. The number of allylic oxidation sites excluding steroid dienone is 2. The number of methoxy groups -OCH3 is 1. The number of ketones is 1. The molecule has 0 fully saturated rings. The summed E-state index contributed by atoms with van der Waals surface area (Å²) in [5.41, 5.74) is 1.00. The van der Waals surface area contributed by atoms with Gasteiger partial charge in [0.2, 0.25) is 0 Å². The lowest BCUT2D eigenvalue weighted by Gasteiger charge is -2.22. The van der Waals surface area contributed by atoms with Gasteiger partial charge in [-0.3, -0.25) is 4.79 Å². The standard InChI is InChI=1S/C13H14O3/c1-9-7-11(14)8-13(16-9)10-3-5-12(15-2)6-4-10/h3-7,13H,8H2,1-2H3/t13-/m1/s1. The quantitative estimate of drug-likeness (QED) is 0.765. The Hall–Kier alpha value is -1.77. The van der Waals surface area contributed by atoms with E-state index in [1.807, 2.05) is 24.3 Å². The molecule has 84 valence electrons. The number of benzene rings is 1. The van der Waals surface area contributed by atoms with Crippen LogP contribution in [0, 0.1) is 0 Å². The van der Waals surface area contributed by atoms with Gasteiger partial charge in [-0.15, -0.1) is 0 Å². The summed E-state index contributed by atoms with van der Waals surface area (Å²) in [5, 5.41) is 0. The van der Waals surface area contributed by atoms with Crippen molar-refractivity contribution in [1.82, 2.24) is 0 Å². The Kier molecular flexibility index (Phi) is 2.95. The summed E-state index contributed by atoms with van der Waals surface area (Å²) in [4.78, 5) is 11.4. The molecule has 16 heavy (non-hydrogen) atoms. The van der Waals surface area contributed by atoms with Crippen molar-refractivity contribution in [2.45, 2.75) is 19.4 Å². The SMILES string of the molecule is COc1ccc([C@H]2CC(=O)C=C(C)O2)cc1. The van der Waals surface area contributed by atoms with Crippen LogP contribution in [0.5, 0.6) is 5.75 Å². The predicted molar refractivity (Wildman–Crippen MR) is 60.2 cm³/mol. The lowest BCUT2D eigenvalue weighted by atomic mass is 10.0. The largest absolute Gasteiger partial charge is 0.497 e. The van der Waals surface area contributed by atoms with Gasteiger partial charge in [-0.05, 0) is 24.6 Å². The minimum atomic E-state index is -0.164. The van der Waals surface area contributed by atoms with Crippen molar-refractivity contribution in [3.8, 4) is 5.75 Å². The molecule has 1 atom stereocenters. The number of rotatable bonds is 2. The predicted octanol–water partition coefficient (Wildman–Crippen LogP) is 2.63. The van der Waals surface area contributed by atoms with Gasteiger partial charge in [-0.2, -0.15) is 0 Å². The molecule has 0 bridgehead atoms. The molecular formula is C13H14O3. The molecule has 0 spiro atoms. The van der Waals surface area contributed by atoms with E-state index in [-0.39, 0.29) is 11.9 Å². The first kappa shape index (κ1) is 10.7. The van der Waals surface area contributed by atoms with Crippen molar-refractivity contribution in [3.05, 3.63) is 41.7 Å². The van der Waals surface area contributed by atoms with Crippen LogP contribution in [0.4, 0.5) is 0 Å². The monoisotopic (exact) mass is 218 g/mol. The van der Waals surface area contributed by atoms with Crippen molar-refractivity contribution in [1.29, 1.82) is 0 Å². The van der Waals surface area contributed by atoms with Crippen LogP contribution in [0.15, 0.2) is 36.1 Å². The van der Waals surface area contributed by atoms with E-state index in [9.17, 15) is 4.79 Å². The molecule has 1 aromatic carbocycles. The van der Waals surface area contributed by atoms with Crippen LogP contribution in [0.1, 0.15) is 25.0 Å². The summed E-state index contributed by atoms with van der Waals surface area (Å²) in [6.07, 6.45) is 1.78. The molecule has 0 saturated carbocycles. The summed E-state index contributed by atoms with van der Waals surface area (Å²) in [7, 11) is 1.63. The highest BCUT2D eigenvalue weighted by atomic mass is 16.5. The van der Waals surface area contributed by atoms with Gasteiger partial charge in [0.1, 0.15) is 11.9 Å². The summed E-state index contributed by atoms with van der Waals surface area (Å²) in [6, 6.07) is 7.60. The molecule has 0 aliphatic carbocycles. The van der Waals surface area contributed by atoms with E-state index in [0.717, 1.165) is 11.3 Å². The number of carbonyl (C=O) groups excluding carboxylic acids is 1. The second kappa shape index (κ2) is 4.39. The van der Waals surface area contributed by atoms with Gasteiger partial charge in [0.05, 0.1) is 19.3 Å². The second-order valence-corrected chi connectivity index (χ2v) is 3.81. The molecule has 0 unspecified atom stereocenters. The molecule has 1 aromatic rings. The van der Waals surface area contributed by atoms with Crippen LogP contribution in [-0.2, 0) is 9.53 Å². The second-order valence-electron chi connectivity index (χ2n) is 3.81. The molecule has 0 radical (unpaired) electrons. The van der Waals surface area contributed by atoms with Crippen molar-refractivity contribution < 1.29 is 14.3 Å². The molecule has 0 amide bonds. The molecule has 1 heterocycles. The Balaban J connectivity index is 2.18. The molecule has 1 aliphatic heterocycles. The van der Waals surface area contributed by atoms with Crippen LogP contribution in [0.2, 0.25) is 0 Å². The number of hydrogen-bond acceptors (Lipinski definition) is 3. The molecule has 1 aliphatic rings. The minimum Gasteiger partial charge on any atom is -0.497 e. The summed E-state index contributed by atoms with van der Waals surface area (Å²) in [5.74, 6) is 1.60. The zero-order valence-electron chi connectivity index (χ0n) is 9.40. The maximum absolute atomic E-state index is 11.4. The van der Waals surface area contributed by atoms with Gasteiger partial charge in [-0.25, -0.2) is 0 Å². The first-order chi connectivity index (χ1) is 7.69. The van der Waals surface area contributed by atoms with Crippen LogP contribution in [-0.4, -0.2) is 12.9 Å². The molecule has 2 rings (SSSR count). The van der Waals surface area contributed by atoms with Gasteiger partial charge in [0.25, 0.3) is 0 Å². The Bertz CT molecular complexity index is 417. The third kappa shape index (κ3) is 2.24. The van der Waals surface area contributed by atoms with E-state index >= 15 is 0 Å². The van der Waals surface area contributed by atoms with Crippen molar-refractivity contribution in [3.63, 3.8) is 0 Å². The number of ether oxygens (including phenoxy) is 2. The highest BCUT2D eigenvalue weighted by molar-refractivity contribution is 5.91. The van der Waals surface area contributed by atoms with Crippen LogP contribution in [0.3, 0.4) is 0 Å². The Morgan fingerprint density at radius 1 is 1.31 bits per heavy atom. The van der Waals surface area contributed by atoms with E-state index in [0.29, 0.717) is 12.2 Å². The zero-order chi connectivity index (χ0) is 11.5. The van der Waals surface area contributed by atoms with E-state index in [1.54, 1.807) is 20.1 Å². The van der Waals surface area contributed by atoms with Crippen LogP contribution in [0.25, 0.3) is 0 Å². The van der Waals surface area contributed by atoms with Gasteiger partial charge in [0, 0.05) is 6.08 Å². The molecule has 3 heteroatoms. The summed E-state index contributed by atoms with van der Waals surface area (Å²) < 4.78 is 10.7. The summed E-state index contributed by atoms with van der Waals surface area (Å²) in [6.45, 7) is 1.80. The molecule has 0 aromatic heterocycles. The van der Waals surface area contributed by atoms with Crippen molar-refractivity contribution >= 4 is 5.78 Å². The minimum absolute atomic E-state index is 0.115. The Morgan fingerprint density at radius 2 is 2.00 bits per heavy atom. The van der Waals surface area contributed by atoms with E-state index in [4.69, 9.17) is 9.47 Å². The number of hydrogen-bond donors (Lipinski definition) is 0. The molecular weight excluding hydrogens is 204 g/mol. The first-order valence-electron chi connectivity index (χ1n) is 5.21. The van der Waals surface area contributed by atoms with Gasteiger partial charge < -0.3 is 9.47 Å². The molecule has 3 nitrogen and oxygen atoms in total. The Labute approximate surface area is 94.7 Å². The zero-order valence-corrected chi connectivity index (χ0v) is 9.40. The highest BCUT2D eigenvalue weighted by Crippen LogP contribution is 2.29. The maximum atomic E-state index is 11.4. The van der Waals surface area contributed by atoms with Gasteiger partial charge >= 0.3 is 0 Å². The van der Waals surface area contributed by atoms with Crippen LogP contribution >= 0.6 is 0 Å². The van der Waals surface area contributed by atoms with Crippen molar-refractivity contribution in [2.75, 3.05) is 7.11 Å². The van der Waals surface area contributed by atoms with Gasteiger partial charge in [-0.1, -0.05) is 12.1 Å². The fourth-order valence-electron chi connectivity index (χ4n) is 1.77. The fraction of sp³-hybridized carbons (Fsp3) is 0.308. The Morgan fingerprint density at radius 3 is 2.56 bits per heavy atom. The third-order valence-electron chi connectivity index (χ3n) is 2.57. The van der Waals surface area contributed by atoms with Gasteiger partial charge in [0.15, 0.2) is 5.78 Å². The normalized spacial score (nSPS) is 20.0. The molecule has 0 saturated heterocycles. The summed E-state index contributed by atoms with van der Waals surface area (Å²) >= 11 is 0. The topological polar surface area (TPSA) is 35.5 Å². The highest BCUT2D eigenvalue weighted by Gasteiger charge is 2.21. The lowest BCUT2D eigenvalue weighted by molar-refractivity contribution is -0.118. The first-order valence-corrected chi connectivity index (χ1v) is 5.21. The van der Waals surface area contributed by atoms with E-state index in [2.05, 4.69) is 0 Å².